The van der Waals surface area contributed by atoms with E-state index in [2.05, 4.69) is 4.98 Å². The Labute approximate surface area is 147 Å². The molecule has 0 saturated carbocycles. The zero-order valence-corrected chi connectivity index (χ0v) is 13.5. The highest BCUT2D eigenvalue weighted by atomic mass is 19.1. The molecule has 0 aliphatic carbocycles. The maximum atomic E-state index is 14.0. The summed E-state index contributed by atoms with van der Waals surface area (Å²) in [6, 6.07) is 11.4. The first-order chi connectivity index (χ1) is 12.6. The summed E-state index contributed by atoms with van der Waals surface area (Å²) in [5, 5.41) is 9.45. The van der Waals surface area contributed by atoms with Gasteiger partial charge in [0.05, 0.1) is 12.3 Å². The van der Waals surface area contributed by atoms with Crippen LogP contribution in [0.3, 0.4) is 0 Å². The van der Waals surface area contributed by atoms with E-state index in [0.29, 0.717) is 22.5 Å². The first kappa shape index (κ1) is 16.4. The van der Waals surface area contributed by atoms with E-state index in [1.807, 2.05) is 0 Å². The molecule has 0 fully saturated rings. The van der Waals surface area contributed by atoms with Gasteiger partial charge in [0.15, 0.2) is 0 Å². The SMILES string of the molecule is OCc1c(F)cccc1-c1ccc2nc(-c3ccc(F)cc3F)cn2c1. The highest BCUT2D eigenvalue weighted by molar-refractivity contribution is 5.70. The molecule has 2 aromatic carbocycles. The highest BCUT2D eigenvalue weighted by Crippen LogP contribution is 2.28. The maximum Gasteiger partial charge on any atom is 0.137 e. The van der Waals surface area contributed by atoms with Crippen LogP contribution < -0.4 is 0 Å². The van der Waals surface area contributed by atoms with Crippen LogP contribution in [0.4, 0.5) is 13.2 Å². The summed E-state index contributed by atoms with van der Waals surface area (Å²) < 4.78 is 42.7. The molecule has 2 heterocycles. The molecule has 0 amide bonds. The van der Waals surface area contributed by atoms with Crippen molar-refractivity contribution in [2.75, 3.05) is 0 Å². The molecule has 0 atom stereocenters. The van der Waals surface area contributed by atoms with Gasteiger partial charge in [0.25, 0.3) is 0 Å². The van der Waals surface area contributed by atoms with Gasteiger partial charge in [-0.15, -0.1) is 0 Å². The van der Waals surface area contributed by atoms with E-state index in [4.69, 9.17) is 0 Å². The van der Waals surface area contributed by atoms with Gasteiger partial charge in [-0.25, -0.2) is 18.2 Å². The first-order valence-corrected chi connectivity index (χ1v) is 7.89. The molecule has 4 rings (SSSR count). The van der Waals surface area contributed by atoms with Gasteiger partial charge in [0.2, 0.25) is 0 Å². The lowest BCUT2D eigenvalue weighted by atomic mass is 10.0. The Bertz CT molecular complexity index is 1120. The molecule has 6 heteroatoms. The van der Waals surface area contributed by atoms with Crippen molar-refractivity contribution in [1.82, 2.24) is 9.38 Å². The van der Waals surface area contributed by atoms with Gasteiger partial charge >= 0.3 is 0 Å². The molecule has 0 saturated heterocycles. The minimum absolute atomic E-state index is 0.193. The van der Waals surface area contributed by atoms with Gasteiger partial charge in [-0.1, -0.05) is 12.1 Å². The second-order valence-corrected chi connectivity index (χ2v) is 5.86. The average molecular weight is 354 g/mol. The van der Waals surface area contributed by atoms with Crippen LogP contribution in [0.5, 0.6) is 0 Å². The predicted molar refractivity (Wildman–Crippen MR) is 91.9 cm³/mol. The van der Waals surface area contributed by atoms with Crippen molar-refractivity contribution in [1.29, 1.82) is 0 Å². The molecule has 0 spiro atoms. The molecular formula is C20H13F3N2O. The highest BCUT2D eigenvalue weighted by Gasteiger charge is 2.13. The van der Waals surface area contributed by atoms with Crippen LogP contribution in [0.1, 0.15) is 5.56 Å². The number of nitrogens with zero attached hydrogens (tertiary/aromatic N) is 2. The summed E-state index contributed by atoms with van der Waals surface area (Å²) in [4.78, 5) is 4.35. The lowest BCUT2D eigenvalue weighted by Crippen LogP contribution is -1.95. The number of pyridine rings is 1. The van der Waals surface area contributed by atoms with Crippen LogP contribution in [0.25, 0.3) is 28.0 Å². The molecular weight excluding hydrogens is 341 g/mol. The fraction of sp³-hybridized carbons (Fsp3) is 0.0500. The second-order valence-electron chi connectivity index (χ2n) is 5.86. The Balaban J connectivity index is 1.83. The van der Waals surface area contributed by atoms with Gasteiger partial charge < -0.3 is 9.51 Å². The molecule has 4 aromatic rings. The molecule has 0 bridgehead atoms. The van der Waals surface area contributed by atoms with Crippen molar-refractivity contribution in [3.05, 3.63) is 83.9 Å². The van der Waals surface area contributed by atoms with Crippen LogP contribution in [-0.4, -0.2) is 14.5 Å². The first-order valence-electron chi connectivity index (χ1n) is 7.89. The molecule has 26 heavy (non-hydrogen) atoms. The van der Waals surface area contributed by atoms with E-state index < -0.39 is 24.1 Å². The topological polar surface area (TPSA) is 37.5 Å². The van der Waals surface area contributed by atoms with Crippen molar-refractivity contribution in [2.45, 2.75) is 6.61 Å². The van der Waals surface area contributed by atoms with Crippen molar-refractivity contribution in [2.24, 2.45) is 0 Å². The fourth-order valence-electron chi connectivity index (χ4n) is 2.97. The van der Waals surface area contributed by atoms with Gasteiger partial charge in [0, 0.05) is 29.6 Å². The number of halogens is 3. The van der Waals surface area contributed by atoms with Crippen LogP contribution in [0.15, 0.2) is 60.9 Å². The zero-order valence-electron chi connectivity index (χ0n) is 13.5. The van der Waals surface area contributed by atoms with Crippen LogP contribution in [-0.2, 0) is 6.61 Å². The summed E-state index contributed by atoms with van der Waals surface area (Å²) >= 11 is 0. The van der Waals surface area contributed by atoms with Gasteiger partial charge in [-0.2, -0.15) is 0 Å². The van der Waals surface area contributed by atoms with E-state index in [1.165, 1.54) is 18.2 Å². The maximum absolute atomic E-state index is 14.0. The third-order valence-electron chi connectivity index (χ3n) is 4.25. The number of hydrogen-bond donors (Lipinski definition) is 1. The number of imidazole rings is 1. The number of aliphatic hydroxyl groups is 1. The second kappa shape index (κ2) is 6.31. The van der Waals surface area contributed by atoms with Crippen molar-refractivity contribution in [3.63, 3.8) is 0 Å². The van der Waals surface area contributed by atoms with E-state index in [0.717, 1.165) is 6.07 Å². The van der Waals surface area contributed by atoms with Crippen molar-refractivity contribution < 1.29 is 18.3 Å². The molecule has 2 aromatic heterocycles. The lowest BCUT2D eigenvalue weighted by Gasteiger charge is -2.09. The van der Waals surface area contributed by atoms with Crippen LogP contribution >= 0.6 is 0 Å². The zero-order chi connectivity index (χ0) is 18.3. The van der Waals surface area contributed by atoms with E-state index in [1.54, 1.807) is 41.1 Å². The summed E-state index contributed by atoms with van der Waals surface area (Å²) in [7, 11) is 0. The summed E-state index contributed by atoms with van der Waals surface area (Å²) in [6.07, 6.45) is 3.34. The Morgan fingerprint density at radius 2 is 1.73 bits per heavy atom. The third-order valence-corrected chi connectivity index (χ3v) is 4.25. The Morgan fingerprint density at radius 3 is 2.50 bits per heavy atom. The molecule has 0 unspecified atom stereocenters. The monoisotopic (exact) mass is 354 g/mol. The number of fused-ring (bicyclic) bond motifs is 1. The summed E-state index contributed by atoms with van der Waals surface area (Å²) in [5.74, 6) is -1.83. The third kappa shape index (κ3) is 2.74. The number of aliphatic hydroxyl groups excluding tert-OH is 1. The largest absolute Gasteiger partial charge is 0.392 e. The summed E-state index contributed by atoms with van der Waals surface area (Å²) in [6.45, 7) is -0.421. The van der Waals surface area contributed by atoms with Crippen LogP contribution in [0.2, 0.25) is 0 Å². The molecule has 1 N–H and O–H groups in total. The molecule has 0 radical (unpaired) electrons. The van der Waals surface area contributed by atoms with E-state index >= 15 is 0 Å². The Morgan fingerprint density at radius 1 is 0.885 bits per heavy atom. The van der Waals surface area contributed by atoms with Gasteiger partial charge in [-0.3, -0.25) is 0 Å². The van der Waals surface area contributed by atoms with Crippen LogP contribution in [0, 0.1) is 17.5 Å². The fourth-order valence-corrected chi connectivity index (χ4v) is 2.97. The smallest absolute Gasteiger partial charge is 0.137 e. The lowest BCUT2D eigenvalue weighted by molar-refractivity contribution is 0.276. The predicted octanol–water partition coefficient (Wildman–Crippen LogP) is 4.58. The summed E-state index contributed by atoms with van der Waals surface area (Å²) in [5.41, 5.74) is 2.58. The Kier molecular flexibility index (Phi) is 3.97. The number of benzene rings is 2. The minimum atomic E-state index is -0.693. The average Bonchev–Trinajstić information content (AvgIpc) is 3.04. The Hall–Kier alpha value is -3.12. The standard InChI is InChI=1S/C20H13F3N2O/c21-13-5-6-15(18(23)8-13)19-10-25-9-12(4-7-20(25)24-19)14-2-1-3-17(22)16(14)11-26/h1-10,26H,11H2. The normalized spacial score (nSPS) is 11.2. The van der Waals surface area contributed by atoms with Gasteiger partial charge in [0.1, 0.15) is 23.1 Å². The molecule has 3 nitrogen and oxygen atoms in total. The minimum Gasteiger partial charge on any atom is -0.392 e. The van der Waals surface area contributed by atoms with Crippen molar-refractivity contribution >= 4 is 5.65 Å². The van der Waals surface area contributed by atoms with E-state index in [9.17, 15) is 18.3 Å². The number of rotatable bonds is 3. The molecule has 0 aliphatic rings. The molecule has 130 valence electrons. The number of aromatic nitrogens is 2. The van der Waals surface area contributed by atoms with Gasteiger partial charge in [-0.05, 0) is 41.5 Å². The quantitative estimate of drug-likeness (QED) is 0.585. The molecule has 0 aliphatic heterocycles. The number of hydrogen-bond acceptors (Lipinski definition) is 2. The van der Waals surface area contributed by atoms with Crippen molar-refractivity contribution in [3.8, 4) is 22.4 Å². The van der Waals surface area contributed by atoms with E-state index in [-0.39, 0.29) is 11.1 Å².